The fraction of sp³-hybridized carbons (Fsp3) is 0.115. The molecule has 4 aliphatic rings. The second-order valence-electron chi connectivity index (χ2n) is 19.1. The Hall–Kier alpha value is -7.42. The van der Waals surface area contributed by atoms with Crippen LogP contribution in [0, 0.1) is 0 Å². The van der Waals surface area contributed by atoms with Crippen molar-refractivity contribution in [3.63, 3.8) is 0 Å². The van der Waals surface area contributed by atoms with E-state index in [1.807, 2.05) is 0 Å². The summed E-state index contributed by atoms with van der Waals surface area (Å²) in [7, 11) is 0. The van der Waals surface area contributed by atoms with Gasteiger partial charge in [0.15, 0.2) is 0 Å². The molecule has 1 unspecified atom stereocenters. The number of fused-ring (bicyclic) bond motifs is 20. The third-order valence-electron chi connectivity index (χ3n) is 15.5. The first kappa shape index (κ1) is 35.2. The summed E-state index contributed by atoms with van der Waals surface area (Å²) < 4.78 is 6.85. The van der Waals surface area contributed by atoms with Crippen LogP contribution in [0.5, 0.6) is 0 Å². The number of benzene rings is 9. The fourth-order valence-electron chi connectivity index (χ4n) is 12.7. The second kappa shape index (κ2) is 11.9. The smallest absolute Gasteiger partial charge is 0.143 e. The van der Waals surface area contributed by atoms with Gasteiger partial charge in [-0.05, 0) is 114 Å². The molecule has 2 nitrogen and oxygen atoms in total. The number of furan rings is 1. The molecular formula is C61H43NO. The topological polar surface area (TPSA) is 16.4 Å². The first-order valence-corrected chi connectivity index (χ1v) is 22.3. The molecule has 0 amide bonds. The number of hydrogen-bond acceptors (Lipinski definition) is 2. The monoisotopic (exact) mass is 805 g/mol. The van der Waals surface area contributed by atoms with Gasteiger partial charge in [0.1, 0.15) is 11.2 Å². The molecule has 1 heterocycles. The van der Waals surface area contributed by atoms with Gasteiger partial charge in [-0.1, -0.05) is 179 Å². The lowest BCUT2D eigenvalue weighted by atomic mass is 9.70. The van der Waals surface area contributed by atoms with Crippen molar-refractivity contribution in [2.75, 3.05) is 4.90 Å². The van der Waals surface area contributed by atoms with Crippen molar-refractivity contribution in [3.8, 4) is 44.5 Å². The Morgan fingerprint density at radius 1 is 0.349 bits per heavy atom. The predicted octanol–water partition coefficient (Wildman–Crippen LogP) is 16.0. The van der Waals surface area contributed by atoms with Crippen LogP contribution >= 0.6 is 0 Å². The molecule has 9 aromatic carbocycles. The van der Waals surface area contributed by atoms with Gasteiger partial charge in [-0.15, -0.1) is 0 Å². The van der Waals surface area contributed by atoms with Crippen LogP contribution in [0.25, 0.3) is 66.4 Å². The number of rotatable bonds is 3. The van der Waals surface area contributed by atoms with Crippen LogP contribution in [-0.2, 0) is 16.2 Å². The Labute approximate surface area is 367 Å². The summed E-state index contributed by atoms with van der Waals surface area (Å²) in [5.41, 5.74) is 25.5. The zero-order valence-electron chi connectivity index (χ0n) is 35.8. The lowest BCUT2D eigenvalue weighted by Crippen LogP contribution is -2.26. The quantitative estimate of drug-likeness (QED) is 0.177. The van der Waals surface area contributed by atoms with E-state index in [0.717, 1.165) is 33.3 Å². The summed E-state index contributed by atoms with van der Waals surface area (Å²) in [6, 6.07) is 70.8. The molecule has 298 valence electrons. The van der Waals surface area contributed by atoms with Crippen LogP contribution in [0.15, 0.2) is 192 Å². The Balaban J connectivity index is 1.06. The summed E-state index contributed by atoms with van der Waals surface area (Å²) in [6.45, 7) is 9.54. The maximum absolute atomic E-state index is 6.85. The molecule has 1 aromatic heterocycles. The summed E-state index contributed by atoms with van der Waals surface area (Å²) >= 11 is 0. The fourth-order valence-corrected chi connectivity index (χ4v) is 12.7. The average molecular weight is 806 g/mol. The van der Waals surface area contributed by atoms with Crippen molar-refractivity contribution in [1.82, 2.24) is 0 Å². The first-order chi connectivity index (χ1) is 30.8. The molecule has 0 saturated carbocycles. The van der Waals surface area contributed by atoms with Crippen LogP contribution in [0.4, 0.5) is 17.1 Å². The first-order valence-electron chi connectivity index (χ1n) is 22.3. The minimum Gasteiger partial charge on any atom is -0.455 e. The maximum atomic E-state index is 6.85. The van der Waals surface area contributed by atoms with Gasteiger partial charge in [-0.25, -0.2) is 0 Å². The van der Waals surface area contributed by atoms with Gasteiger partial charge in [-0.2, -0.15) is 0 Å². The molecule has 63 heavy (non-hydrogen) atoms. The van der Waals surface area contributed by atoms with E-state index >= 15 is 0 Å². The van der Waals surface area contributed by atoms with E-state index in [1.165, 1.54) is 94.7 Å². The lowest BCUT2D eigenvalue weighted by Gasteiger charge is -2.33. The van der Waals surface area contributed by atoms with Crippen molar-refractivity contribution < 1.29 is 4.42 Å². The van der Waals surface area contributed by atoms with Gasteiger partial charge in [0.2, 0.25) is 0 Å². The summed E-state index contributed by atoms with van der Waals surface area (Å²) in [5.74, 6) is 0. The molecule has 0 N–H and O–H groups in total. The van der Waals surface area contributed by atoms with Gasteiger partial charge in [-0.3, -0.25) is 0 Å². The zero-order chi connectivity index (χ0) is 42.0. The minimum absolute atomic E-state index is 0.149. The van der Waals surface area contributed by atoms with E-state index in [1.54, 1.807) is 0 Å². The van der Waals surface area contributed by atoms with E-state index in [4.69, 9.17) is 4.42 Å². The number of para-hydroxylation sites is 1. The maximum Gasteiger partial charge on any atom is 0.143 e. The van der Waals surface area contributed by atoms with E-state index < -0.39 is 5.41 Å². The van der Waals surface area contributed by atoms with Gasteiger partial charge < -0.3 is 9.32 Å². The summed E-state index contributed by atoms with van der Waals surface area (Å²) in [4.78, 5) is 2.57. The standard InChI is InChI=1S/C61H43NO/c1-59(2)46-21-10-5-16-38(46)40-30-28-36(34-52(40)59)62(37-29-31-41-39-17-6-11-22-47(39)60(3,4)53(41)35-37)54-26-15-25-50-56(54)44-19-7-12-23-48(44)61(50)49-24-13-8-20-45(49)57-51(61)33-32-43-42-18-9-14-27-55(42)63-58(43)57/h5-35H,1-4H3. The molecule has 0 aliphatic heterocycles. The van der Waals surface area contributed by atoms with Crippen LogP contribution in [0.3, 0.4) is 0 Å². The van der Waals surface area contributed by atoms with Crippen molar-refractivity contribution in [3.05, 3.63) is 233 Å². The lowest BCUT2D eigenvalue weighted by molar-refractivity contribution is 0.660. The largest absolute Gasteiger partial charge is 0.455 e. The van der Waals surface area contributed by atoms with E-state index in [2.05, 4.69) is 221 Å². The average Bonchev–Trinajstić information content (AvgIpc) is 4.06. The van der Waals surface area contributed by atoms with E-state index in [0.29, 0.717) is 0 Å². The highest BCUT2D eigenvalue weighted by molar-refractivity contribution is 6.13. The normalized spacial score (nSPS) is 17.2. The van der Waals surface area contributed by atoms with Crippen LogP contribution in [0.2, 0.25) is 0 Å². The van der Waals surface area contributed by atoms with Crippen molar-refractivity contribution >= 4 is 39.0 Å². The molecular weight excluding hydrogens is 763 g/mol. The second-order valence-corrected chi connectivity index (χ2v) is 19.1. The molecule has 2 heteroatoms. The molecule has 0 saturated heterocycles. The molecule has 0 radical (unpaired) electrons. The molecule has 14 rings (SSSR count). The number of anilines is 3. The van der Waals surface area contributed by atoms with Crippen LogP contribution in [-0.4, -0.2) is 0 Å². The number of hydrogen-bond donors (Lipinski definition) is 0. The van der Waals surface area contributed by atoms with Crippen molar-refractivity contribution in [2.45, 2.75) is 43.9 Å². The third-order valence-corrected chi connectivity index (χ3v) is 15.5. The Morgan fingerprint density at radius 3 is 1.44 bits per heavy atom. The summed E-state index contributed by atoms with van der Waals surface area (Å²) in [5, 5.41) is 2.31. The highest BCUT2D eigenvalue weighted by atomic mass is 16.3. The van der Waals surface area contributed by atoms with Gasteiger partial charge >= 0.3 is 0 Å². The van der Waals surface area contributed by atoms with Crippen LogP contribution in [0.1, 0.15) is 72.2 Å². The molecule has 0 bridgehead atoms. The Kier molecular flexibility index (Phi) is 6.67. The predicted molar refractivity (Wildman–Crippen MR) is 260 cm³/mol. The van der Waals surface area contributed by atoms with Gasteiger partial charge in [0.05, 0.1) is 11.1 Å². The SMILES string of the molecule is CC1(C)c2ccccc2-c2ccc(N(c3ccc4c(c3)C(C)(C)c3ccccc3-4)c3cccc4c3-c3ccccc3C43c4ccccc4-c4c3ccc3c4oc4ccccc43)cc21. The van der Waals surface area contributed by atoms with Crippen molar-refractivity contribution in [2.24, 2.45) is 0 Å². The number of nitrogens with zero attached hydrogens (tertiary/aromatic N) is 1. The Morgan fingerprint density at radius 2 is 0.825 bits per heavy atom. The minimum atomic E-state index is -0.546. The molecule has 4 aliphatic carbocycles. The summed E-state index contributed by atoms with van der Waals surface area (Å²) in [6.07, 6.45) is 0. The molecule has 10 aromatic rings. The van der Waals surface area contributed by atoms with Gasteiger partial charge in [0.25, 0.3) is 0 Å². The molecule has 0 fully saturated rings. The van der Waals surface area contributed by atoms with E-state index in [-0.39, 0.29) is 10.8 Å². The third kappa shape index (κ3) is 4.24. The zero-order valence-corrected chi connectivity index (χ0v) is 35.8. The highest BCUT2D eigenvalue weighted by Crippen LogP contribution is 2.66. The highest BCUT2D eigenvalue weighted by Gasteiger charge is 2.53. The Bertz CT molecular complexity index is 3550. The van der Waals surface area contributed by atoms with Crippen LogP contribution < -0.4 is 4.90 Å². The van der Waals surface area contributed by atoms with Crippen molar-refractivity contribution in [1.29, 1.82) is 0 Å². The van der Waals surface area contributed by atoms with Gasteiger partial charge in [0, 0.05) is 44.1 Å². The van der Waals surface area contributed by atoms with E-state index in [9.17, 15) is 0 Å². The molecule has 1 spiro atoms. The molecule has 1 atom stereocenters.